The van der Waals surface area contributed by atoms with Crippen LogP contribution in [-0.4, -0.2) is 61.1 Å². The molecule has 2 saturated heterocycles. The molecule has 2 aliphatic heterocycles. The number of carbonyl (C=O) groups is 2. The molecule has 0 aliphatic carbocycles. The van der Waals surface area contributed by atoms with E-state index in [1.807, 2.05) is 64.1 Å². The van der Waals surface area contributed by atoms with E-state index in [1.54, 1.807) is 17.9 Å². The van der Waals surface area contributed by atoms with Crippen molar-refractivity contribution in [1.82, 2.24) is 9.47 Å². The third-order valence-electron chi connectivity index (χ3n) is 7.93. The highest BCUT2D eigenvalue weighted by Gasteiger charge is 2.45. The molecular formula is C31H38N2O6. The standard InChI is InChI=1S/C31H38N2O6/c1-20-15-26(36-5)24(23-11-13-33(27(20)23)29(35)39-30(2,3)4)17-32-14-12-31(18-38-19-31)16-25(32)21-7-9-22(10-8-21)28(34)37-6/h7-11,13,15,25H,12,14,16-19H2,1-6H3/t25-/m0/s1. The molecule has 0 N–H and O–H groups in total. The summed E-state index contributed by atoms with van der Waals surface area (Å²) in [7, 11) is 3.08. The van der Waals surface area contributed by atoms with Crippen LogP contribution in [0.3, 0.4) is 0 Å². The van der Waals surface area contributed by atoms with Crippen LogP contribution in [0.25, 0.3) is 10.9 Å². The van der Waals surface area contributed by atoms with Crippen molar-refractivity contribution in [2.45, 2.75) is 58.7 Å². The topological polar surface area (TPSA) is 79.2 Å². The van der Waals surface area contributed by atoms with Crippen molar-refractivity contribution >= 4 is 23.0 Å². The molecule has 3 heterocycles. The highest BCUT2D eigenvalue weighted by Crippen LogP contribution is 2.47. The predicted octanol–water partition coefficient (Wildman–Crippen LogP) is 5.88. The molecule has 0 unspecified atom stereocenters. The van der Waals surface area contributed by atoms with E-state index in [1.165, 1.54) is 7.11 Å². The Bertz CT molecular complexity index is 1380. The first kappa shape index (κ1) is 27.2. The fraction of sp³-hybridized carbons (Fsp3) is 0.484. The van der Waals surface area contributed by atoms with Gasteiger partial charge in [0.05, 0.1) is 38.5 Å². The molecule has 1 atom stereocenters. The van der Waals surface area contributed by atoms with Crippen LogP contribution in [0.4, 0.5) is 4.79 Å². The molecule has 3 aromatic rings. The van der Waals surface area contributed by atoms with Crippen LogP contribution in [-0.2, 0) is 20.8 Å². The first-order valence-corrected chi connectivity index (χ1v) is 13.5. The summed E-state index contributed by atoms with van der Waals surface area (Å²) in [6, 6.07) is 11.9. The quantitative estimate of drug-likeness (QED) is 0.378. The van der Waals surface area contributed by atoms with Gasteiger partial charge in [-0.3, -0.25) is 9.47 Å². The number of carbonyl (C=O) groups excluding carboxylic acids is 2. The fourth-order valence-corrected chi connectivity index (χ4v) is 5.88. The number of hydrogen-bond donors (Lipinski definition) is 0. The van der Waals surface area contributed by atoms with Crippen molar-refractivity contribution in [1.29, 1.82) is 0 Å². The number of fused-ring (bicyclic) bond motifs is 1. The molecule has 1 aromatic heterocycles. The number of nitrogens with zero attached hydrogens (tertiary/aromatic N) is 2. The second-order valence-electron chi connectivity index (χ2n) is 11.8. The van der Waals surface area contributed by atoms with Gasteiger partial charge in [-0.15, -0.1) is 0 Å². The van der Waals surface area contributed by atoms with Gasteiger partial charge in [0.2, 0.25) is 0 Å². The summed E-state index contributed by atoms with van der Waals surface area (Å²) in [6.45, 7) is 10.7. The molecule has 2 fully saturated rings. The summed E-state index contributed by atoms with van der Waals surface area (Å²) in [5.74, 6) is 0.459. The van der Waals surface area contributed by atoms with Crippen molar-refractivity contribution in [3.63, 3.8) is 0 Å². The maximum Gasteiger partial charge on any atom is 0.419 e. The number of methoxy groups -OCH3 is 2. The van der Waals surface area contributed by atoms with Gasteiger partial charge in [0, 0.05) is 35.1 Å². The predicted molar refractivity (Wildman–Crippen MR) is 148 cm³/mol. The summed E-state index contributed by atoms with van der Waals surface area (Å²) in [5.41, 5.74) is 4.10. The molecule has 5 rings (SSSR count). The van der Waals surface area contributed by atoms with Crippen LogP contribution in [0.2, 0.25) is 0 Å². The van der Waals surface area contributed by atoms with Crippen molar-refractivity contribution < 1.29 is 28.5 Å². The molecule has 0 amide bonds. The minimum atomic E-state index is -0.595. The zero-order chi connectivity index (χ0) is 27.9. The maximum absolute atomic E-state index is 13.0. The molecule has 0 radical (unpaired) electrons. The lowest BCUT2D eigenvalue weighted by molar-refractivity contribution is -0.153. The normalized spacial score (nSPS) is 19.1. The highest BCUT2D eigenvalue weighted by atomic mass is 16.6. The summed E-state index contributed by atoms with van der Waals surface area (Å²) < 4.78 is 23.7. The van der Waals surface area contributed by atoms with Crippen LogP contribution in [0.5, 0.6) is 5.75 Å². The zero-order valence-electron chi connectivity index (χ0n) is 23.7. The number of aryl methyl sites for hydroxylation is 1. The number of benzene rings is 2. The van der Waals surface area contributed by atoms with Gasteiger partial charge in [0.25, 0.3) is 0 Å². The van der Waals surface area contributed by atoms with E-state index in [0.29, 0.717) is 12.1 Å². The van der Waals surface area contributed by atoms with Crippen molar-refractivity contribution in [3.05, 3.63) is 64.8 Å². The lowest BCUT2D eigenvalue weighted by Crippen LogP contribution is -2.51. The third kappa shape index (κ3) is 5.28. The van der Waals surface area contributed by atoms with Crippen LogP contribution in [0, 0.1) is 12.3 Å². The first-order chi connectivity index (χ1) is 18.5. The molecule has 8 heteroatoms. The summed E-state index contributed by atoms with van der Waals surface area (Å²) in [6.07, 6.45) is 3.42. The molecule has 1 spiro atoms. The summed E-state index contributed by atoms with van der Waals surface area (Å²) in [5, 5.41) is 0.977. The molecule has 208 valence electrons. The summed E-state index contributed by atoms with van der Waals surface area (Å²) in [4.78, 5) is 27.5. The number of aromatic nitrogens is 1. The van der Waals surface area contributed by atoms with E-state index in [0.717, 1.165) is 65.9 Å². The van der Waals surface area contributed by atoms with Gasteiger partial charge in [0.15, 0.2) is 0 Å². The van der Waals surface area contributed by atoms with Gasteiger partial charge in [-0.1, -0.05) is 12.1 Å². The van der Waals surface area contributed by atoms with Crippen LogP contribution >= 0.6 is 0 Å². The lowest BCUT2D eigenvalue weighted by Gasteiger charge is -2.51. The average Bonchev–Trinajstić information content (AvgIpc) is 3.34. The van der Waals surface area contributed by atoms with Gasteiger partial charge < -0.3 is 18.9 Å². The minimum Gasteiger partial charge on any atom is -0.496 e. The maximum atomic E-state index is 13.0. The van der Waals surface area contributed by atoms with Gasteiger partial charge in [-0.2, -0.15) is 0 Å². The Morgan fingerprint density at radius 2 is 1.82 bits per heavy atom. The second kappa shape index (κ2) is 10.3. The molecule has 0 bridgehead atoms. The number of rotatable bonds is 5. The average molecular weight is 535 g/mol. The molecule has 39 heavy (non-hydrogen) atoms. The van der Waals surface area contributed by atoms with Gasteiger partial charge in [-0.25, -0.2) is 9.59 Å². The smallest absolute Gasteiger partial charge is 0.419 e. The first-order valence-electron chi connectivity index (χ1n) is 13.5. The van der Waals surface area contributed by atoms with Crippen molar-refractivity contribution in [2.24, 2.45) is 5.41 Å². The van der Waals surface area contributed by atoms with Crippen LogP contribution in [0.15, 0.2) is 42.6 Å². The number of likely N-dealkylation sites (tertiary alicyclic amines) is 1. The SMILES string of the molecule is COC(=O)c1ccc([C@@H]2CC3(CCN2Cc2c(OC)cc(C)c4c2ccn4C(=O)OC(C)(C)C)COC3)cc1. The molecule has 0 saturated carbocycles. The second-order valence-corrected chi connectivity index (χ2v) is 11.8. The van der Waals surface area contributed by atoms with E-state index in [4.69, 9.17) is 18.9 Å². The number of ether oxygens (including phenoxy) is 4. The van der Waals surface area contributed by atoms with Gasteiger partial charge in [0.1, 0.15) is 11.4 Å². The van der Waals surface area contributed by atoms with E-state index >= 15 is 0 Å². The Morgan fingerprint density at radius 3 is 2.41 bits per heavy atom. The minimum absolute atomic E-state index is 0.142. The summed E-state index contributed by atoms with van der Waals surface area (Å²) >= 11 is 0. The van der Waals surface area contributed by atoms with Gasteiger partial charge >= 0.3 is 12.1 Å². The Morgan fingerprint density at radius 1 is 1.10 bits per heavy atom. The Balaban J connectivity index is 1.52. The third-order valence-corrected chi connectivity index (χ3v) is 7.93. The van der Waals surface area contributed by atoms with Crippen LogP contribution in [0.1, 0.15) is 66.7 Å². The molecule has 2 aromatic carbocycles. The molecule has 8 nitrogen and oxygen atoms in total. The van der Waals surface area contributed by atoms with Crippen LogP contribution < -0.4 is 4.74 Å². The van der Waals surface area contributed by atoms with Crippen molar-refractivity contribution in [2.75, 3.05) is 34.0 Å². The van der Waals surface area contributed by atoms with E-state index in [-0.39, 0.29) is 17.4 Å². The van der Waals surface area contributed by atoms with Crippen molar-refractivity contribution in [3.8, 4) is 5.75 Å². The monoisotopic (exact) mass is 534 g/mol. The lowest BCUT2D eigenvalue weighted by atomic mass is 9.72. The Kier molecular flexibility index (Phi) is 7.20. The zero-order valence-corrected chi connectivity index (χ0v) is 23.7. The van der Waals surface area contributed by atoms with E-state index in [9.17, 15) is 9.59 Å². The number of esters is 1. The number of hydrogen-bond acceptors (Lipinski definition) is 7. The highest BCUT2D eigenvalue weighted by molar-refractivity contribution is 5.95. The number of piperidine rings is 1. The van der Waals surface area contributed by atoms with E-state index in [2.05, 4.69) is 4.90 Å². The Labute approximate surface area is 229 Å². The largest absolute Gasteiger partial charge is 0.496 e. The van der Waals surface area contributed by atoms with Gasteiger partial charge in [-0.05, 0) is 82.5 Å². The Hall–Kier alpha value is -3.36. The van der Waals surface area contributed by atoms with E-state index < -0.39 is 11.7 Å². The molecule has 2 aliphatic rings. The fourth-order valence-electron chi connectivity index (χ4n) is 5.88. The molecular weight excluding hydrogens is 496 g/mol.